The number of benzene rings is 1. The van der Waals surface area contributed by atoms with Gasteiger partial charge < -0.3 is 5.32 Å². The van der Waals surface area contributed by atoms with Crippen LogP contribution in [0, 0.1) is 6.92 Å². The highest BCUT2D eigenvalue weighted by Crippen LogP contribution is 2.08. The Hall–Kier alpha value is -1.35. The van der Waals surface area contributed by atoms with Crippen molar-refractivity contribution >= 4 is 5.91 Å². The van der Waals surface area contributed by atoms with Gasteiger partial charge >= 0.3 is 0 Å². The van der Waals surface area contributed by atoms with Gasteiger partial charge in [-0.15, -0.1) is 0 Å². The van der Waals surface area contributed by atoms with Gasteiger partial charge in [-0.25, -0.2) is 0 Å². The zero-order valence-electron chi connectivity index (χ0n) is 9.70. The van der Waals surface area contributed by atoms with Crippen molar-refractivity contribution in [2.75, 3.05) is 19.6 Å². The molecule has 3 nitrogen and oxygen atoms in total. The van der Waals surface area contributed by atoms with E-state index < -0.39 is 0 Å². The Morgan fingerprint density at radius 1 is 1.31 bits per heavy atom. The third kappa shape index (κ3) is 3.07. The fraction of sp³-hybridized carbons (Fsp3) is 0.462. The van der Waals surface area contributed by atoms with Gasteiger partial charge in [0.1, 0.15) is 0 Å². The van der Waals surface area contributed by atoms with Gasteiger partial charge in [-0.05, 0) is 18.9 Å². The number of carbonyl (C=O) groups is 1. The summed E-state index contributed by atoms with van der Waals surface area (Å²) in [6, 6.07) is 8.51. The first-order chi connectivity index (χ1) is 7.74. The van der Waals surface area contributed by atoms with Crippen LogP contribution in [0.4, 0.5) is 0 Å². The van der Waals surface area contributed by atoms with Crippen LogP contribution in [0.15, 0.2) is 24.3 Å². The number of hydrogen-bond donors (Lipinski definition) is 1. The van der Waals surface area contributed by atoms with Crippen molar-refractivity contribution in [3.63, 3.8) is 0 Å². The predicted octanol–water partition coefficient (Wildman–Crippen LogP) is 1.32. The summed E-state index contributed by atoms with van der Waals surface area (Å²) in [6.45, 7) is 5.28. The summed E-state index contributed by atoms with van der Waals surface area (Å²) in [5, 5.41) is 2.89. The summed E-state index contributed by atoms with van der Waals surface area (Å²) >= 11 is 0. The quantitative estimate of drug-likeness (QED) is 0.812. The van der Waals surface area contributed by atoms with Crippen LogP contribution in [-0.4, -0.2) is 30.4 Å². The molecule has 1 amide bonds. The number of carbonyl (C=O) groups excluding carboxylic acids is 1. The Kier molecular flexibility index (Phi) is 3.57. The number of nitrogens with zero attached hydrogens (tertiary/aromatic N) is 1. The highest BCUT2D eigenvalue weighted by molar-refractivity contribution is 5.78. The molecule has 1 aromatic rings. The number of aryl methyl sites for hydroxylation is 1. The van der Waals surface area contributed by atoms with E-state index in [1.165, 1.54) is 11.1 Å². The summed E-state index contributed by atoms with van der Waals surface area (Å²) in [4.78, 5) is 13.6. The molecule has 1 saturated heterocycles. The second-order valence-electron chi connectivity index (χ2n) is 4.40. The maximum atomic E-state index is 11.4. The van der Waals surface area contributed by atoms with E-state index in [2.05, 4.69) is 41.4 Å². The van der Waals surface area contributed by atoms with Crippen molar-refractivity contribution in [1.29, 1.82) is 0 Å². The molecule has 0 aromatic heterocycles. The molecule has 0 saturated carbocycles. The van der Waals surface area contributed by atoms with Crippen molar-refractivity contribution in [2.45, 2.75) is 19.9 Å². The third-order valence-corrected chi connectivity index (χ3v) is 2.87. The monoisotopic (exact) mass is 218 g/mol. The van der Waals surface area contributed by atoms with Crippen molar-refractivity contribution in [1.82, 2.24) is 10.2 Å². The van der Waals surface area contributed by atoms with Crippen LogP contribution in [0.2, 0.25) is 0 Å². The topological polar surface area (TPSA) is 32.3 Å². The first kappa shape index (κ1) is 11.1. The van der Waals surface area contributed by atoms with E-state index in [0.717, 1.165) is 26.1 Å². The zero-order chi connectivity index (χ0) is 11.4. The maximum absolute atomic E-state index is 11.4. The number of hydrogen-bond acceptors (Lipinski definition) is 2. The lowest BCUT2D eigenvalue weighted by Gasteiger charge is -2.18. The Balaban J connectivity index is 1.97. The minimum atomic E-state index is 0.143. The summed E-state index contributed by atoms with van der Waals surface area (Å²) in [7, 11) is 0. The first-order valence-corrected chi connectivity index (χ1v) is 5.78. The van der Waals surface area contributed by atoms with Crippen molar-refractivity contribution in [2.24, 2.45) is 0 Å². The molecule has 3 heteroatoms. The van der Waals surface area contributed by atoms with Crippen molar-refractivity contribution in [3.8, 4) is 0 Å². The van der Waals surface area contributed by atoms with E-state index in [1.54, 1.807) is 0 Å². The van der Waals surface area contributed by atoms with Crippen LogP contribution in [0.1, 0.15) is 17.5 Å². The van der Waals surface area contributed by atoms with Crippen molar-refractivity contribution < 1.29 is 4.79 Å². The van der Waals surface area contributed by atoms with Gasteiger partial charge in [0.25, 0.3) is 0 Å². The van der Waals surface area contributed by atoms with Crippen LogP contribution in [0.25, 0.3) is 0 Å². The largest absolute Gasteiger partial charge is 0.355 e. The fourth-order valence-corrected chi connectivity index (χ4v) is 1.96. The zero-order valence-corrected chi connectivity index (χ0v) is 9.70. The minimum absolute atomic E-state index is 0.143. The highest BCUT2D eigenvalue weighted by atomic mass is 16.2. The van der Waals surface area contributed by atoms with Gasteiger partial charge in [-0.1, -0.05) is 29.8 Å². The lowest BCUT2D eigenvalue weighted by molar-refractivity contribution is -0.121. The molecule has 1 aliphatic rings. The molecule has 1 heterocycles. The normalized spacial score (nSPS) is 17.9. The van der Waals surface area contributed by atoms with Gasteiger partial charge in [-0.2, -0.15) is 0 Å². The summed E-state index contributed by atoms with van der Waals surface area (Å²) in [6.07, 6.45) is 1.04. The van der Waals surface area contributed by atoms with Gasteiger partial charge in [0.05, 0.1) is 6.54 Å². The SMILES string of the molecule is Cc1ccc(CN2CCCNC(=O)C2)cc1. The Morgan fingerprint density at radius 2 is 2.06 bits per heavy atom. The average molecular weight is 218 g/mol. The smallest absolute Gasteiger partial charge is 0.234 e. The van der Waals surface area contributed by atoms with Gasteiger partial charge in [-0.3, -0.25) is 9.69 Å². The Bertz CT molecular complexity index is 359. The molecule has 0 unspecified atom stereocenters. The van der Waals surface area contributed by atoms with E-state index in [-0.39, 0.29) is 5.91 Å². The first-order valence-electron chi connectivity index (χ1n) is 5.78. The van der Waals surface area contributed by atoms with E-state index in [1.807, 2.05) is 0 Å². The molecular weight excluding hydrogens is 200 g/mol. The summed E-state index contributed by atoms with van der Waals surface area (Å²) < 4.78 is 0. The Morgan fingerprint density at radius 3 is 2.81 bits per heavy atom. The number of rotatable bonds is 2. The highest BCUT2D eigenvalue weighted by Gasteiger charge is 2.14. The fourth-order valence-electron chi connectivity index (χ4n) is 1.96. The molecule has 0 bridgehead atoms. The van der Waals surface area contributed by atoms with Crippen LogP contribution < -0.4 is 5.32 Å². The molecule has 2 rings (SSSR count). The standard InChI is InChI=1S/C13H18N2O/c1-11-3-5-12(6-4-11)9-15-8-2-7-14-13(16)10-15/h3-6H,2,7-10H2,1H3,(H,14,16). The molecule has 1 aliphatic heterocycles. The number of nitrogens with one attached hydrogen (secondary N) is 1. The predicted molar refractivity (Wildman–Crippen MR) is 64.1 cm³/mol. The lowest BCUT2D eigenvalue weighted by Crippen LogP contribution is -2.32. The van der Waals surface area contributed by atoms with E-state index in [0.29, 0.717) is 6.54 Å². The van der Waals surface area contributed by atoms with Gasteiger partial charge in [0.2, 0.25) is 5.91 Å². The van der Waals surface area contributed by atoms with E-state index in [9.17, 15) is 4.79 Å². The lowest BCUT2D eigenvalue weighted by atomic mass is 10.1. The Labute approximate surface area is 96.5 Å². The molecule has 0 radical (unpaired) electrons. The van der Waals surface area contributed by atoms with Crippen LogP contribution in [0.5, 0.6) is 0 Å². The van der Waals surface area contributed by atoms with Crippen LogP contribution in [0.3, 0.4) is 0 Å². The molecule has 0 spiro atoms. The van der Waals surface area contributed by atoms with E-state index in [4.69, 9.17) is 0 Å². The van der Waals surface area contributed by atoms with Crippen LogP contribution >= 0.6 is 0 Å². The second-order valence-corrected chi connectivity index (χ2v) is 4.40. The van der Waals surface area contributed by atoms with Crippen molar-refractivity contribution in [3.05, 3.63) is 35.4 Å². The third-order valence-electron chi connectivity index (χ3n) is 2.87. The average Bonchev–Trinajstić information content (AvgIpc) is 2.46. The van der Waals surface area contributed by atoms with Crippen LogP contribution in [-0.2, 0) is 11.3 Å². The summed E-state index contributed by atoms with van der Waals surface area (Å²) in [5.41, 5.74) is 2.55. The second kappa shape index (κ2) is 5.12. The van der Waals surface area contributed by atoms with Gasteiger partial charge in [0, 0.05) is 19.6 Å². The molecule has 0 atom stereocenters. The molecule has 0 aliphatic carbocycles. The summed E-state index contributed by atoms with van der Waals surface area (Å²) in [5.74, 6) is 0.143. The number of amides is 1. The molecule has 1 fully saturated rings. The molecular formula is C13H18N2O. The molecule has 1 aromatic carbocycles. The molecule has 1 N–H and O–H groups in total. The minimum Gasteiger partial charge on any atom is -0.355 e. The molecule has 86 valence electrons. The molecule has 16 heavy (non-hydrogen) atoms. The van der Waals surface area contributed by atoms with Gasteiger partial charge in [0.15, 0.2) is 0 Å². The maximum Gasteiger partial charge on any atom is 0.234 e. The van der Waals surface area contributed by atoms with E-state index >= 15 is 0 Å².